The smallest absolute Gasteiger partial charge is 0.225 e. The molecule has 4 nitrogen and oxygen atoms in total. The quantitative estimate of drug-likeness (QED) is 0.609. The number of nitrogens with zero attached hydrogens (tertiary/aromatic N) is 1. The fourth-order valence-corrected chi connectivity index (χ4v) is 4.51. The third kappa shape index (κ3) is 4.59. The molecule has 1 amide bonds. The first kappa shape index (κ1) is 20.9. The van der Waals surface area contributed by atoms with Crippen molar-refractivity contribution in [2.24, 2.45) is 0 Å². The van der Waals surface area contributed by atoms with E-state index in [4.69, 9.17) is 39.5 Å². The van der Waals surface area contributed by atoms with E-state index in [0.29, 0.717) is 37.2 Å². The minimum Gasteiger partial charge on any atom is -0.495 e. The van der Waals surface area contributed by atoms with E-state index in [2.05, 4.69) is 11.4 Å². The molecular weight excluding hydrogens is 439 g/mol. The Morgan fingerprint density at radius 1 is 1.18 bits per heavy atom. The molecule has 1 atom stereocenters. The Bertz CT molecular complexity index is 1000. The van der Waals surface area contributed by atoms with Crippen LogP contribution in [0.1, 0.15) is 23.5 Å². The largest absolute Gasteiger partial charge is 0.495 e. The van der Waals surface area contributed by atoms with Crippen molar-refractivity contribution in [1.82, 2.24) is 5.32 Å². The van der Waals surface area contributed by atoms with Crippen molar-refractivity contribution in [3.05, 3.63) is 73.2 Å². The lowest BCUT2D eigenvalue weighted by molar-refractivity contribution is -0.120. The molecule has 2 aromatic rings. The summed E-state index contributed by atoms with van der Waals surface area (Å²) in [5.41, 5.74) is 2.24. The maximum atomic E-state index is 12.3. The van der Waals surface area contributed by atoms with Gasteiger partial charge in [0, 0.05) is 18.1 Å². The number of ether oxygens (including phenoxy) is 1. The number of hydrogen-bond acceptors (Lipinski definition) is 4. The minimum absolute atomic E-state index is 0.146. The summed E-state index contributed by atoms with van der Waals surface area (Å²) < 4.78 is 5.18. The van der Waals surface area contributed by atoms with Crippen LogP contribution in [-0.4, -0.2) is 13.0 Å². The Morgan fingerprint density at radius 2 is 1.96 bits per heavy atom. The highest BCUT2D eigenvalue weighted by Gasteiger charge is 2.30. The standard InChI is InChI=1S/C20H15Cl3N2O2S/c1-27-18-5-3-12(7-17(18)23)13-8-19(26)25-20(14(13)9-24)28-10-11-2-4-15(21)16(22)6-11/h2-7,13H,8,10H2,1H3,(H,25,26)/t13-/m0/s1. The topological polar surface area (TPSA) is 62.1 Å². The van der Waals surface area contributed by atoms with E-state index < -0.39 is 0 Å². The van der Waals surface area contributed by atoms with Crippen LogP contribution < -0.4 is 10.1 Å². The minimum atomic E-state index is -0.363. The molecule has 0 aromatic heterocycles. The molecule has 0 aliphatic carbocycles. The third-order valence-corrected chi connectivity index (χ3v) is 6.42. The number of amides is 1. The summed E-state index contributed by atoms with van der Waals surface area (Å²) in [7, 11) is 1.54. The maximum absolute atomic E-state index is 12.3. The number of allylic oxidation sites excluding steroid dienone is 1. The average Bonchev–Trinajstić information content (AvgIpc) is 2.68. The van der Waals surface area contributed by atoms with Crippen molar-refractivity contribution >= 4 is 52.5 Å². The SMILES string of the molecule is COc1ccc([C@@H]2CC(=O)NC(SCc3ccc(Cl)c(Cl)c3)=C2C#N)cc1Cl. The first-order valence-corrected chi connectivity index (χ1v) is 10.4. The summed E-state index contributed by atoms with van der Waals surface area (Å²) in [5, 5.41) is 14.5. The lowest BCUT2D eigenvalue weighted by Crippen LogP contribution is -2.30. The van der Waals surface area contributed by atoms with Crippen LogP contribution in [-0.2, 0) is 10.5 Å². The number of carbonyl (C=O) groups is 1. The molecule has 0 unspecified atom stereocenters. The van der Waals surface area contributed by atoms with Crippen molar-refractivity contribution in [1.29, 1.82) is 5.26 Å². The van der Waals surface area contributed by atoms with Gasteiger partial charge in [-0.1, -0.05) is 46.9 Å². The number of nitrogens with one attached hydrogen (secondary N) is 1. The van der Waals surface area contributed by atoms with E-state index in [9.17, 15) is 10.1 Å². The molecule has 144 valence electrons. The van der Waals surface area contributed by atoms with Gasteiger partial charge < -0.3 is 10.1 Å². The predicted molar refractivity (Wildman–Crippen MR) is 114 cm³/mol. The van der Waals surface area contributed by atoms with Gasteiger partial charge in [0.1, 0.15) is 5.75 Å². The number of thioether (sulfide) groups is 1. The fraction of sp³-hybridized carbons (Fsp3) is 0.200. The van der Waals surface area contributed by atoms with Crippen molar-refractivity contribution in [2.45, 2.75) is 18.1 Å². The number of nitriles is 1. The van der Waals surface area contributed by atoms with Crippen molar-refractivity contribution in [3.63, 3.8) is 0 Å². The van der Waals surface area contributed by atoms with Crippen LogP contribution >= 0.6 is 46.6 Å². The second-order valence-electron chi connectivity index (χ2n) is 6.09. The Balaban J connectivity index is 1.89. The molecular formula is C20H15Cl3N2O2S. The van der Waals surface area contributed by atoms with Crippen LogP contribution in [0.25, 0.3) is 0 Å². The van der Waals surface area contributed by atoms with Gasteiger partial charge in [0.05, 0.1) is 38.8 Å². The van der Waals surface area contributed by atoms with Crippen LogP contribution in [0, 0.1) is 11.3 Å². The van der Waals surface area contributed by atoms with Gasteiger partial charge in [0.25, 0.3) is 0 Å². The second kappa shape index (κ2) is 9.11. The van der Waals surface area contributed by atoms with Gasteiger partial charge in [-0.15, -0.1) is 11.8 Å². The molecule has 0 saturated heterocycles. The molecule has 0 radical (unpaired) electrons. The van der Waals surface area contributed by atoms with E-state index in [1.54, 1.807) is 24.3 Å². The lowest BCUT2D eigenvalue weighted by Gasteiger charge is -2.25. The fourth-order valence-electron chi connectivity index (χ4n) is 2.90. The van der Waals surface area contributed by atoms with E-state index in [0.717, 1.165) is 11.1 Å². The predicted octanol–water partition coefficient (Wildman–Crippen LogP) is 5.93. The zero-order valence-corrected chi connectivity index (χ0v) is 17.8. The van der Waals surface area contributed by atoms with Gasteiger partial charge in [0.2, 0.25) is 5.91 Å². The Kier molecular flexibility index (Phi) is 6.79. The first-order chi connectivity index (χ1) is 13.4. The molecule has 1 heterocycles. The molecule has 3 rings (SSSR count). The van der Waals surface area contributed by atoms with Crippen molar-refractivity contribution in [3.8, 4) is 11.8 Å². The number of halogens is 3. The molecule has 2 aromatic carbocycles. The van der Waals surface area contributed by atoms with Crippen LogP contribution in [0.2, 0.25) is 15.1 Å². The number of methoxy groups -OCH3 is 1. The van der Waals surface area contributed by atoms with Gasteiger partial charge in [-0.05, 0) is 35.4 Å². The van der Waals surface area contributed by atoms with Gasteiger partial charge >= 0.3 is 0 Å². The Morgan fingerprint density at radius 3 is 2.61 bits per heavy atom. The number of carbonyl (C=O) groups excluding carboxylic acids is 1. The van der Waals surface area contributed by atoms with E-state index in [-0.39, 0.29) is 18.2 Å². The van der Waals surface area contributed by atoms with Crippen LogP contribution in [0.4, 0.5) is 0 Å². The summed E-state index contributed by atoms with van der Waals surface area (Å²) in [6.45, 7) is 0. The number of rotatable bonds is 5. The molecule has 8 heteroatoms. The highest BCUT2D eigenvalue weighted by Crippen LogP contribution is 2.39. The van der Waals surface area contributed by atoms with Crippen LogP contribution in [0.3, 0.4) is 0 Å². The molecule has 28 heavy (non-hydrogen) atoms. The third-order valence-electron chi connectivity index (χ3n) is 4.30. The molecule has 0 spiro atoms. The van der Waals surface area contributed by atoms with Gasteiger partial charge in [0.15, 0.2) is 0 Å². The first-order valence-electron chi connectivity index (χ1n) is 8.27. The maximum Gasteiger partial charge on any atom is 0.225 e. The summed E-state index contributed by atoms with van der Waals surface area (Å²) >= 11 is 19.6. The van der Waals surface area contributed by atoms with Crippen LogP contribution in [0.15, 0.2) is 47.0 Å². The Labute approximate surface area is 182 Å². The van der Waals surface area contributed by atoms with Gasteiger partial charge in [-0.2, -0.15) is 5.26 Å². The lowest BCUT2D eigenvalue weighted by atomic mass is 9.87. The van der Waals surface area contributed by atoms with Crippen LogP contribution in [0.5, 0.6) is 5.75 Å². The molecule has 1 N–H and O–H groups in total. The Hall–Kier alpha value is -1.84. The van der Waals surface area contributed by atoms with Gasteiger partial charge in [-0.3, -0.25) is 4.79 Å². The van der Waals surface area contributed by atoms with Crippen molar-refractivity contribution < 1.29 is 9.53 Å². The van der Waals surface area contributed by atoms with Gasteiger partial charge in [-0.25, -0.2) is 0 Å². The molecule has 0 fully saturated rings. The number of hydrogen-bond donors (Lipinski definition) is 1. The molecule has 0 bridgehead atoms. The zero-order chi connectivity index (χ0) is 20.3. The summed E-state index contributed by atoms with van der Waals surface area (Å²) in [4.78, 5) is 12.3. The molecule has 0 saturated carbocycles. The highest BCUT2D eigenvalue weighted by molar-refractivity contribution is 8.02. The monoisotopic (exact) mass is 452 g/mol. The average molecular weight is 454 g/mol. The summed E-state index contributed by atoms with van der Waals surface area (Å²) in [6.07, 6.45) is 0.183. The molecule has 1 aliphatic rings. The van der Waals surface area contributed by atoms with E-state index in [1.807, 2.05) is 12.1 Å². The number of benzene rings is 2. The van der Waals surface area contributed by atoms with E-state index >= 15 is 0 Å². The van der Waals surface area contributed by atoms with E-state index in [1.165, 1.54) is 18.9 Å². The molecule has 1 aliphatic heterocycles. The van der Waals surface area contributed by atoms with Crippen molar-refractivity contribution in [2.75, 3.05) is 7.11 Å². The normalized spacial score (nSPS) is 16.5. The second-order valence-corrected chi connectivity index (χ2v) is 8.30. The summed E-state index contributed by atoms with van der Waals surface area (Å²) in [5.74, 6) is 0.571. The zero-order valence-electron chi connectivity index (χ0n) is 14.8. The highest BCUT2D eigenvalue weighted by atomic mass is 35.5. The summed E-state index contributed by atoms with van der Waals surface area (Å²) in [6, 6.07) is 12.9.